The van der Waals surface area contributed by atoms with E-state index in [4.69, 9.17) is 9.72 Å². The number of aromatic nitrogens is 2. The van der Waals surface area contributed by atoms with Gasteiger partial charge in [-0.15, -0.1) is 0 Å². The molecule has 0 radical (unpaired) electrons. The van der Waals surface area contributed by atoms with Gasteiger partial charge in [-0.25, -0.2) is 9.78 Å². The van der Waals surface area contributed by atoms with Gasteiger partial charge < -0.3 is 25.0 Å². The summed E-state index contributed by atoms with van der Waals surface area (Å²) in [5, 5.41) is 13.6. The van der Waals surface area contributed by atoms with E-state index >= 15 is 0 Å². The molecule has 1 aromatic carbocycles. The number of phenolic OH excluding ortho intramolecular Hbond substituents is 1. The largest absolute Gasteiger partial charge is 0.508 e. The number of likely N-dealkylation sites (tertiary alicyclic amines) is 1. The number of allylic oxidation sites excluding steroid dienone is 5. The van der Waals surface area contributed by atoms with Gasteiger partial charge in [0, 0.05) is 12.1 Å². The molecule has 5 aliphatic rings. The predicted molar refractivity (Wildman–Crippen MR) is 174 cm³/mol. The van der Waals surface area contributed by atoms with Crippen LogP contribution in [-0.2, 0) is 9.53 Å². The molecule has 1 aromatic heterocycles. The van der Waals surface area contributed by atoms with Gasteiger partial charge in [-0.1, -0.05) is 38.6 Å². The van der Waals surface area contributed by atoms with Crippen LogP contribution in [0.15, 0.2) is 42.6 Å². The molecule has 6 atom stereocenters. The topological polar surface area (TPSA) is 108 Å². The SMILES string of the molecule is C=C1/C(c2ccc(O)c3c2C2CCC3C2)=C\C=C(\c2cnc([C@@H]3CCCN3C(=O)[C@@H](NC(=O)OC)C(C)C)[nH]2)CCC2CCC12. The number of rotatable bonds is 6. The van der Waals surface area contributed by atoms with E-state index in [9.17, 15) is 14.7 Å². The number of aromatic amines is 1. The first kappa shape index (κ1) is 29.9. The summed E-state index contributed by atoms with van der Waals surface area (Å²) in [4.78, 5) is 35.9. The lowest BCUT2D eigenvalue weighted by atomic mass is 9.65. The van der Waals surface area contributed by atoms with Gasteiger partial charge in [0.15, 0.2) is 0 Å². The number of methoxy groups -OCH3 is 1. The van der Waals surface area contributed by atoms with Crippen molar-refractivity contribution < 1.29 is 19.4 Å². The zero-order valence-electron chi connectivity index (χ0n) is 26.8. The summed E-state index contributed by atoms with van der Waals surface area (Å²) in [6.07, 6.45) is 15.6. The molecule has 238 valence electrons. The number of benzene rings is 1. The monoisotopic (exact) mass is 610 g/mol. The van der Waals surface area contributed by atoms with Crippen LogP contribution in [0.5, 0.6) is 5.75 Å². The molecule has 2 amide bonds. The molecule has 2 saturated carbocycles. The fourth-order valence-electron chi connectivity index (χ4n) is 8.87. The maximum Gasteiger partial charge on any atom is 0.407 e. The maximum atomic E-state index is 13.6. The third-order valence-electron chi connectivity index (χ3n) is 11.4. The van der Waals surface area contributed by atoms with Crippen LogP contribution in [0.2, 0.25) is 0 Å². The van der Waals surface area contributed by atoms with Crippen LogP contribution in [0.4, 0.5) is 4.79 Å². The van der Waals surface area contributed by atoms with Gasteiger partial charge in [0.1, 0.15) is 17.6 Å². The number of nitrogens with one attached hydrogen (secondary N) is 2. The van der Waals surface area contributed by atoms with Crippen molar-refractivity contribution in [1.82, 2.24) is 20.2 Å². The minimum atomic E-state index is -0.659. The number of ether oxygens (including phenoxy) is 1. The third-order valence-corrected chi connectivity index (χ3v) is 11.4. The number of fused-ring (bicyclic) bond motifs is 6. The van der Waals surface area contributed by atoms with Crippen molar-refractivity contribution in [2.75, 3.05) is 13.7 Å². The number of imidazole rings is 1. The molecule has 1 saturated heterocycles. The van der Waals surface area contributed by atoms with E-state index < -0.39 is 12.1 Å². The van der Waals surface area contributed by atoms with Gasteiger partial charge in [0.25, 0.3) is 0 Å². The molecule has 7 rings (SSSR count). The minimum absolute atomic E-state index is 0.0786. The molecule has 0 spiro atoms. The second-order valence-corrected chi connectivity index (χ2v) is 14.2. The van der Waals surface area contributed by atoms with Crippen LogP contribution < -0.4 is 5.32 Å². The number of nitrogens with zero attached hydrogens (tertiary/aromatic N) is 2. The number of aromatic hydroxyl groups is 1. The van der Waals surface area contributed by atoms with E-state index in [-0.39, 0.29) is 17.9 Å². The average molecular weight is 611 g/mol. The highest BCUT2D eigenvalue weighted by Crippen LogP contribution is 2.59. The third kappa shape index (κ3) is 5.20. The second-order valence-electron chi connectivity index (χ2n) is 14.2. The molecule has 1 aliphatic heterocycles. The van der Waals surface area contributed by atoms with Gasteiger partial charge in [-0.05, 0) is 121 Å². The lowest BCUT2D eigenvalue weighted by Crippen LogP contribution is -2.51. The maximum absolute atomic E-state index is 13.6. The number of carbonyl (C=O) groups is 2. The molecule has 2 aromatic rings. The van der Waals surface area contributed by atoms with E-state index in [1.165, 1.54) is 66.2 Å². The number of amides is 2. The van der Waals surface area contributed by atoms with E-state index in [0.29, 0.717) is 36.0 Å². The Morgan fingerprint density at radius 3 is 2.62 bits per heavy atom. The van der Waals surface area contributed by atoms with Gasteiger partial charge in [0.05, 0.1) is 25.0 Å². The number of hydrogen-bond donors (Lipinski definition) is 3. The highest BCUT2D eigenvalue weighted by Gasteiger charge is 2.42. The van der Waals surface area contributed by atoms with Crippen molar-refractivity contribution >= 4 is 23.1 Å². The van der Waals surface area contributed by atoms with Crippen molar-refractivity contribution in [3.63, 3.8) is 0 Å². The minimum Gasteiger partial charge on any atom is -0.508 e. The van der Waals surface area contributed by atoms with Crippen molar-refractivity contribution in [3.05, 3.63) is 70.8 Å². The van der Waals surface area contributed by atoms with Gasteiger partial charge in [0.2, 0.25) is 5.91 Å². The summed E-state index contributed by atoms with van der Waals surface area (Å²) in [6, 6.07) is 3.21. The zero-order chi connectivity index (χ0) is 31.4. The number of alkyl carbamates (subject to hydrolysis) is 1. The standard InChI is InChI=1S/C37H46N4O4/c1-20(2)34(40-37(44)45-4)36(43)41-17-5-6-30(41)35-38-19-29(39-35)23-8-7-22-11-13-26(22)21(3)27(14-12-23)28-15-16-31(42)33-25-10-9-24(18-25)32(28)33/h12,14-16,19-20,22,24-26,30,34,42H,3,5-11,13,17-18H2,1-2,4H3,(H,38,39)(H,40,44)/b23-12+,27-14+/t22?,24?,25?,26?,30-,34-/m0/s1. The van der Waals surface area contributed by atoms with Crippen LogP contribution in [-0.4, -0.2) is 51.7 Å². The molecule has 3 fully saturated rings. The Hall–Kier alpha value is -3.81. The lowest BCUT2D eigenvalue weighted by molar-refractivity contribution is -0.135. The summed E-state index contributed by atoms with van der Waals surface area (Å²) in [6.45, 7) is 9.17. The summed E-state index contributed by atoms with van der Waals surface area (Å²) in [5.74, 6) is 3.19. The molecular weight excluding hydrogens is 564 g/mol. The molecule has 45 heavy (non-hydrogen) atoms. The molecule has 2 bridgehead atoms. The van der Waals surface area contributed by atoms with Crippen molar-refractivity contribution in [3.8, 4) is 5.75 Å². The Morgan fingerprint density at radius 2 is 1.89 bits per heavy atom. The fraction of sp³-hybridized carbons (Fsp3) is 0.541. The van der Waals surface area contributed by atoms with E-state index in [1.54, 1.807) is 0 Å². The molecule has 8 heteroatoms. The van der Waals surface area contributed by atoms with Crippen molar-refractivity contribution in [1.29, 1.82) is 0 Å². The van der Waals surface area contributed by atoms with Crippen LogP contribution in [0.3, 0.4) is 0 Å². The lowest BCUT2D eigenvalue weighted by Gasteiger charge is -2.39. The Balaban J connectivity index is 1.20. The summed E-state index contributed by atoms with van der Waals surface area (Å²) >= 11 is 0. The summed E-state index contributed by atoms with van der Waals surface area (Å²) in [7, 11) is 1.31. The smallest absolute Gasteiger partial charge is 0.407 e. The number of H-pyrrole nitrogens is 1. The Kier molecular flexibility index (Phi) is 7.86. The van der Waals surface area contributed by atoms with E-state index in [1.807, 2.05) is 31.0 Å². The Bertz CT molecular complexity index is 1580. The molecule has 4 unspecified atom stereocenters. The summed E-state index contributed by atoms with van der Waals surface area (Å²) in [5.41, 5.74) is 8.47. The van der Waals surface area contributed by atoms with Gasteiger partial charge >= 0.3 is 6.09 Å². The van der Waals surface area contributed by atoms with Crippen molar-refractivity contribution in [2.24, 2.45) is 17.8 Å². The van der Waals surface area contributed by atoms with Crippen molar-refractivity contribution in [2.45, 2.75) is 95.6 Å². The number of carbonyl (C=O) groups excluding carboxylic acids is 2. The first-order valence-corrected chi connectivity index (χ1v) is 16.9. The second kappa shape index (κ2) is 11.8. The normalized spacial score (nSPS) is 30.2. The number of hydrogen-bond acceptors (Lipinski definition) is 5. The van der Waals surface area contributed by atoms with Gasteiger partial charge in [-0.2, -0.15) is 0 Å². The molecule has 2 heterocycles. The van der Waals surface area contributed by atoms with E-state index in [2.05, 4.69) is 35.1 Å². The molecule has 4 aliphatic carbocycles. The molecule has 3 N–H and O–H groups in total. The highest BCUT2D eigenvalue weighted by molar-refractivity contribution is 5.87. The Morgan fingerprint density at radius 1 is 1.09 bits per heavy atom. The quantitative estimate of drug-likeness (QED) is 0.317. The summed E-state index contributed by atoms with van der Waals surface area (Å²) < 4.78 is 4.79. The highest BCUT2D eigenvalue weighted by atomic mass is 16.5. The first-order chi connectivity index (χ1) is 21.7. The molecular formula is C37H46N4O4. The van der Waals surface area contributed by atoms with Crippen LogP contribution in [0.1, 0.15) is 118 Å². The van der Waals surface area contributed by atoms with Crippen LogP contribution >= 0.6 is 0 Å². The number of phenols is 1. The van der Waals surface area contributed by atoms with Crippen LogP contribution in [0.25, 0.3) is 11.1 Å². The van der Waals surface area contributed by atoms with E-state index in [0.717, 1.165) is 43.6 Å². The Labute approximate surface area is 266 Å². The zero-order valence-corrected chi connectivity index (χ0v) is 26.8. The fourth-order valence-corrected chi connectivity index (χ4v) is 8.87. The predicted octanol–water partition coefficient (Wildman–Crippen LogP) is 7.37. The first-order valence-electron chi connectivity index (χ1n) is 16.9. The van der Waals surface area contributed by atoms with Gasteiger partial charge in [-0.3, -0.25) is 4.79 Å². The average Bonchev–Trinajstić information content (AvgIpc) is 3.83. The molecule has 8 nitrogen and oxygen atoms in total. The van der Waals surface area contributed by atoms with Crippen LogP contribution in [0, 0.1) is 17.8 Å².